The first-order valence-corrected chi connectivity index (χ1v) is 10.00. The molecule has 0 N–H and O–H groups in total. The summed E-state index contributed by atoms with van der Waals surface area (Å²) < 4.78 is 7.94. The third-order valence-electron chi connectivity index (χ3n) is 3.85. The minimum absolute atomic E-state index is 0.308. The second-order valence-electron chi connectivity index (χ2n) is 5.52. The summed E-state index contributed by atoms with van der Waals surface area (Å²) in [5, 5.41) is 8.19. The van der Waals surface area contributed by atoms with E-state index in [0.717, 1.165) is 25.7 Å². The molecule has 4 rings (SSSR count). The topological polar surface area (TPSA) is 57.0 Å². The molecule has 0 radical (unpaired) electrons. The lowest BCUT2D eigenvalue weighted by Gasteiger charge is -1.99. The molecule has 0 saturated carbocycles. The van der Waals surface area contributed by atoms with Crippen LogP contribution in [0.2, 0.25) is 0 Å². The van der Waals surface area contributed by atoms with Crippen LogP contribution in [0.5, 0.6) is 0 Å². The Morgan fingerprint density at radius 2 is 2.04 bits per heavy atom. The number of hydrogen-bond donors (Lipinski definition) is 0. The second kappa shape index (κ2) is 7.16. The molecule has 0 amide bonds. The van der Waals surface area contributed by atoms with E-state index in [0.29, 0.717) is 17.4 Å². The second-order valence-corrected chi connectivity index (χ2v) is 7.61. The van der Waals surface area contributed by atoms with Gasteiger partial charge in [-0.2, -0.15) is 5.10 Å². The Hall–Kier alpha value is -2.26. The van der Waals surface area contributed by atoms with Crippen LogP contribution in [0.1, 0.15) is 17.4 Å². The quantitative estimate of drug-likeness (QED) is 0.310. The molecule has 0 spiro atoms. The Morgan fingerprint density at radius 1 is 1.23 bits per heavy atom. The number of rotatable bonds is 4. The van der Waals surface area contributed by atoms with E-state index in [1.807, 2.05) is 30.3 Å². The molecule has 0 aliphatic heterocycles. The SMILES string of the molecule is CCOC(=O)c1csc(-n2nc(-c3ccccc3)c3ccc(I)cc32)n1. The lowest BCUT2D eigenvalue weighted by atomic mass is 10.1. The van der Waals surface area contributed by atoms with Crippen molar-refractivity contribution in [3.8, 4) is 16.4 Å². The first-order valence-electron chi connectivity index (χ1n) is 8.04. The maximum atomic E-state index is 11.9. The average molecular weight is 475 g/mol. The Balaban J connectivity index is 1.88. The van der Waals surface area contributed by atoms with Crippen LogP contribution in [-0.4, -0.2) is 27.3 Å². The Labute approximate surface area is 167 Å². The van der Waals surface area contributed by atoms with Crippen molar-refractivity contribution in [3.63, 3.8) is 0 Å². The molecule has 0 fully saturated rings. The predicted molar refractivity (Wildman–Crippen MR) is 111 cm³/mol. The van der Waals surface area contributed by atoms with Crippen molar-refractivity contribution in [3.05, 3.63) is 63.2 Å². The zero-order valence-corrected chi connectivity index (χ0v) is 16.8. The highest BCUT2D eigenvalue weighted by molar-refractivity contribution is 14.1. The van der Waals surface area contributed by atoms with Gasteiger partial charge < -0.3 is 4.74 Å². The molecule has 4 aromatic rings. The first-order chi connectivity index (χ1) is 12.7. The molecule has 0 bridgehead atoms. The molecule has 7 heteroatoms. The molecule has 26 heavy (non-hydrogen) atoms. The summed E-state index contributed by atoms with van der Waals surface area (Å²) in [5.74, 6) is -0.413. The molecule has 2 heterocycles. The standard InChI is InChI=1S/C19H14IN3O2S/c1-2-25-18(24)15-11-26-19(21-15)23-16-10-13(20)8-9-14(16)17(22-23)12-6-4-3-5-7-12/h3-11H,2H2,1H3. The third-order valence-corrected chi connectivity index (χ3v) is 5.34. The number of fused-ring (bicyclic) bond motifs is 1. The van der Waals surface area contributed by atoms with Crippen molar-refractivity contribution in [1.29, 1.82) is 0 Å². The normalized spacial score (nSPS) is 11.0. The summed E-state index contributed by atoms with van der Waals surface area (Å²) in [7, 11) is 0. The number of carbonyl (C=O) groups excluding carboxylic acids is 1. The van der Waals surface area contributed by atoms with Gasteiger partial charge in [-0.05, 0) is 47.7 Å². The van der Waals surface area contributed by atoms with Crippen LogP contribution in [0.3, 0.4) is 0 Å². The van der Waals surface area contributed by atoms with Crippen LogP contribution in [0, 0.1) is 3.57 Å². The maximum absolute atomic E-state index is 11.9. The van der Waals surface area contributed by atoms with Crippen LogP contribution >= 0.6 is 33.9 Å². The van der Waals surface area contributed by atoms with Crippen molar-refractivity contribution >= 4 is 50.8 Å². The fraction of sp³-hybridized carbons (Fsp3) is 0.105. The smallest absolute Gasteiger partial charge is 0.357 e. The zero-order valence-electron chi connectivity index (χ0n) is 13.8. The molecule has 0 aliphatic rings. The molecule has 0 saturated heterocycles. The summed E-state index contributed by atoms with van der Waals surface area (Å²) in [6, 6.07) is 16.3. The van der Waals surface area contributed by atoms with Crippen LogP contribution in [0.4, 0.5) is 0 Å². The number of halogens is 1. The van der Waals surface area contributed by atoms with Crippen molar-refractivity contribution in [1.82, 2.24) is 14.8 Å². The summed E-state index contributed by atoms with van der Waals surface area (Å²) in [5.41, 5.74) is 3.20. The number of aromatic nitrogens is 3. The number of thiazole rings is 1. The van der Waals surface area contributed by atoms with Gasteiger partial charge in [-0.25, -0.2) is 14.5 Å². The summed E-state index contributed by atoms with van der Waals surface area (Å²) in [4.78, 5) is 16.4. The zero-order chi connectivity index (χ0) is 18.1. The van der Waals surface area contributed by atoms with E-state index in [2.05, 4.69) is 45.8 Å². The molecule has 0 aliphatic carbocycles. The molecular formula is C19H14IN3O2S. The molecule has 5 nitrogen and oxygen atoms in total. The molecule has 2 aromatic heterocycles. The highest BCUT2D eigenvalue weighted by Crippen LogP contribution is 2.31. The molecule has 2 aromatic carbocycles. The molecule has 0 unspecified atom stereocenters. The van der Waals surface area contributed by atoms with Gasteiger partial charge in [-0.1, -0.05) is 30.3 Å². The molecular weight excluding hydrogens is 461 g/mol. The summed E-state index contributed by atoms with van der Waals surface area (Å²) in [6.07, 6.45) is 0. The number of hydrogen-bond acceptors (Lipinski definition) is 5. The van der Waals surface area contributed by atoms with Gasteiger partial charge in [0.25, 0.3) is 0 Å². The number of carbonyl (C=O) groups is 1. The van der Waals surface area contributed by atoms with Crippen LogP contribution < -0.4 is 0 Å². The summed E-state index contributed by atoms with van der Waals surface area (Å²) >= 11 is 3.65. The van der Waals surface area contributed by atoms with E-state index in [4.69, 9.17) is 9.84 Å². The minimum atomic E-state index is -0.413. The number of esters is 1. The highest BCUT2D eigenvalue weighted by Gasteiger charge is 2.18. The maximum Gasteiger partial charge on any atom is 0.357 e. The van der Waals surface area contributed by atoms with Gasteiger partial charge in [0.1, 0.15) is 5.69 Å². The van der Waals surface area contributed by atoms with Crippen molar-refractivity contribution in [2.24, 2.45) is 0 Å². The van der Waals surface area contributed by atoms with E-state index in [-0.39, 0.29) is 0 Å². The largest absolute Gasteiger partial charge is 0.461 e. The van der Waals surface area contributed by atoms with E-state index in [1.165, 1.54) is 11.3 Å². The van der Waals surface area contributed by atoms with Crippen molar-refractivity contribution in [2.45, 2.75) is 6.92 Å². The van der Waals surface area contributed by atoms with E-state index in [1.54, 1.807) is 17.0 Å². The van der Waals surface area contributed by atoms with E-state index in [9.17, 15) is 4.79 Å². The number of benzene rings is 2. The average Bonchev–Trinajstić information content (AvgIpc) is 3.27. The third kappa shape index (κ3) is 3.12. The Bertz CT molecular complexity index is 1090. The van der Waals surface area contributed by atoms with Crippen LogP contribution in [0.25, 0.3) is 27.3 Å². The number of nitrogens with zero attached hydrogens (tertiary/aromatic N) is 3. The fourth-order valence-electron chi connectivity index (χ4n) is 2.70. The monoisotopic (exact) mass is 475 g/mol. The van der Waals surface area contributed by atoms with Crippen molar-refractivity contribution in [2.75, 3.05) is 6.61 Å². The van der Waals surface area contributed by atoms with Gasteiger partial charge in [-0.15, -0.1) is 11.3 Å². The lowest BCUT2D eigenvalue weighted by molar-refractivity contribution is 0.0520. The van der Waals surface area contributed by atoms with Crippen LogP contribution in [-0.2, 0) is 4.74 Å². The van der Waals surface area contributed by atoms with E-state index >= 15 is 0 Å². The van der Waals surface area contributed by atoms with Crippen molar-refractivity contribution < 1.29 is 9.53 Å². The van der Waals surface area contributed by atoms with Gasteiger partial charge in [0.05, 0.1) is 12.1 Å². The Morgan fingerprint density at radius 3 is 2.81 bits per heavy atom. The van der Waals surface area contributed by atoms with Gasteiger partial charge in [-0.3, -0.25) is 0 Å². The Kier molecular flexibility index (Phi) is 4.73. The van der Waals surface area contributed by atoms with Gasteiger partial charge in [0, 0.05) is 19.9 Å². The van der Waals surface area contributed by atoms with Gasteiger partial charge in [0.15, 0.2) is 5.69 Å². The van der Waals surface area contributed by atoms with Gasteiger partial charge >= 0.3 is 5.97 Å². The number of ether oxygens (including phenoxy) is 1. The van der Waals surface area contributed by atoms with Crippen LogP contribution in [0.15, 0.2) is 53.9 Å². The first kappa shape index (κ1) is 17.2. The molecule has 130 valence electrons. The lowest BCUT2D eigenvalue weighted by Crippen LogP contribution is -2.05. The van der Waals surface area contributed by atoms with Gasteiger partial charge in [0.2, 0.25) is 5.13 Å². The molecule has 0 atom stereocenters. The minimum Gasteiger partial charge on any atom is -0.461 e. The van der Waals surface area contributed by atoms with E-state index < -0.39 is 5.97 Å². The fourth-order valence-corrected chi connectivity index (χ4v) is 3.93. The highest BCUT2D eigenvalue weighted by atomic mass is 127. The predicted octanol–water partition coefficient (Wildman–Crippen LogP) is 4.93. The summed E-state index contributed by atoms with van der Waals surface area (Å²) in [6.45, 7) is 2.10.